The average Bonchev–Trinajstić information content (AvgIpc) is 2.29. The predicted molar refractivity (Wildman–Crippen MR) is 96.1 cm³/mol. The lowest BCUT2D eigenvalue weighted by molar-refractivity contribution is 0.142. The van der Waals surface area contributed by atoms with Crippen LogP contribution in [0.15, 0.2) is 0 Å². The van der Waals surface area contributed by atoms with E-state index in [0.29, 0.717) is 0 Å². The van der Waals surface area contributed by atoms with Gasteiger partial charge in [0.25, 0.3) is 0 Å². The molecule has 0 N–H and O–H groups in total. The van der Waals surface area contributed by atoms with Gasteiger partial charge in [0.2, 0.25) is 0 Å². The standard InChI is InChI=1S/C16H38O3Si2/c1-9-10-13-16(4)18-21(7,8)19-20(5,6)17-14-11-12-15(2)3/h15-16H,9-14H2,1-8H3. The molecule has 1 unspecified atom stereocenters. The molecule has 5 heteroatoms. The fraction of sp³-hybridized carbons (Fsp3) is 1.00. The summed E-state index contributed by atoms with van der Waals surface area (Å²) in [6.45, 7) is 18.2. The van der Waals surface area contributed by atoms with E-state index >= 15 is 0 Å². The van der Waals surface area contributed by atoms with Crippen molar-refractivity contribution >= 4 is 17.1 Å². The van der Waals surface area contributed by atoms with Gasteiger partial charge < -0.3 is 13.0 Å². The van der Waals surface area contributed by atoms with Crippen LogP contribution >= 0.6 is 0 Å². The molecule has 0 fully saturated rings. The van der Waals surface area contributed by atoms with Crippen LogP contribution < -0.4 is 0 Å². The van der Waals surface area contributed by atoms with E-state index in [2.05, 4.69) is 53.9 Å². The van der Waals surface area contributed by atoms with Crippen molar-refractivity contribution in [1.82, 2.24) is 0 Å². The van der Waals surface area contributed by atoms with Gasteiger partial charge in [-0.15, -0.1) is 0 Å². The summed E-state index contributed by atoms with van der Waals surface area (Å²) in [5.74, 6) is 0.743. The Morgan fingerprint density at radius 1 is 0.857 bits per heavy atom. The Morgan fingerprint density at radius 2 is 1.48 bits per heavy atom. The summed E-state index contributed by atoms with van der Waals surface area (Å²) in [5, 5.41) is 0. The van der Waals surface area contributed by atoms with Gasteiger partial charge in [-0.05, 0) is 58.3 Å². The largest absolute Gasteiger partial charge is 0.415 e. The van der Waals surface area contributed by atoms with Gasteiger partial charge in [0, 0.05) is 12.7 Å². The summed E-state index contributed by atoms with van der Waals surface area (Å²) in [4.78, 5) is 0. The normalized spacial score (nSPS) is 14.7. The van der Waals surface area contributed by atoms with Crippen molar-refractivity contribution in [3.63, 3.8) is 0 Å². The fourth-order valence-corrected chi connectivity index (χ4v) is 9.38. The quantitative estimate of drug-likeness (QED) is 0.350. The van der Waals surface area contributed by atoms with E-state index in [-0.39, 0.29) is 6.10 Å². The van der Waals surface area contributed by atoms with Crippen LogP contribution in [0.1, 0.15) is 59.8 Å². The number of hydrogen-bond acceptors (Lipinski definition) is 3. The molecule has 1 atom stereocenters. The predicted octanol–water partition coefficient (Wildman–Crippen LogP) is 5.45. The minimum atomic E-state index is -2.10. The monoisotopic (exact) mass is 334 g/mol. The molecule has 0 aliphatic carbocycles. The summed E-state index contributed by atoms with van der Waals surface area (Å²) in [7, 11) is -4.17. The van der Waals surface area contributed by atoms with Crippen molar-refractivity contribution in [1.29, 1.82) is 0 Å². The van der Waals surface area contributed by atoms with Crippen molar-refractivity contribution in [2.75, 3.05) is 6.61 Å². The molecule has 0 spiro atoms. The van der Waals surface area contributed by atoms with E-state index in [1.54, 1.807) is 0 Å². The van der Waals surface area contributed by atoms with Gasteiger partial charge >= 0.3 is 17.1 Å². The maximum absolute atomic E-state index is 6.32. The highest BCUT2D eigenvalue weighted by atomic mass is 28.5. The summed E-state index contributed by atoms with van der Waals surface area (Å²) in [6.07, 6.45) is 6.18. The fourth-order valence-electron chi connectivity index (χ4n) is 2.49. The van der Waals surface area contributed by atoms with Crippen LogP contribution in [0.3, 0.4) is 0 Å². The van der Waals surface area contributed by atoms with Crippen molar-refractivity contribution in [3.8, 4) is 0 Å². The molecule has 0 aromatic carbocycles. The molecular formula is C16H38O3Si2. The molecule has 0 aliphatic rings. The van der Waals surface area contributed by atoms with Crippen LogP contribution in [-0.4, -0.2) is 29.8 Å². The van der Waals surface area contributed by atoms with Crippen molar-refractivity contribution in [2.24, 2.45) is 5.92 Å². The molecular weight excluding hydrogens is 296 g/mol. The van der Waals surface area contributed by atoms with Crippen molar-refractivity contribution < 1.29 is 13.0 Å². The van der Waals surface area contributed by atoms with Gasteiger partial charge in [-0.25, -0.2) is 0 Å². The van der Waals surface area contributed by atoms with Crippen molar-refractivity contribution in [2.45, 2.75) is 92.1 Å². The molecule has 0 aromatic heterocycles. The molecule has 21 heavy (non-hydrogen) atoms. The van der Waals surface area contributed by atoms with E-state index in [1.807, 2.05) is 0 Å². The highest BCUT2D eigenvalue weighted by Crippen LogP contribution is 2.20. The highest BCUT2D eigenvalue weighted by Gasteiger charge is 2.37. The van der Waals surface area contributed by atoms with Gasteiger partial charge in [-0.3, -0.25) is 0 Å². The van der Waals surface area contributed by atoms with E-state index in [4.69, 9.17) is 13.0 Å². The third kappa shape index (κ3) is 12.5. The summed E-state index contributed by atoms with van der Waals surface area (Å²) >= 11 is 0. The molecule has 0 radical (unpaired) electrons. The van der Waals surface area contributed by atoms with E-state index in [9.17, 15) is 0 Å². The minimum absolute atomic E-state index is 0.289. The van der Waals surface area contributed by atoms with E-state index < -0.39 is 17.1 Å². The molecule has 0 amide bonds. The van der Waals surface area contributed by atoms with Gasteiger partial charge in [-0.1, -0.05) is 33.6 Å². The Balaban J connectivity index is 4.14. The van der Waals surface area contributed by atoms with Crippen LogP contribution in [0.25, 0.3) is 0 Å². The Morgan fingerprint density at radius 3 is 2.00 bits per heavy atom. The first-order valence-corrected chi connectivity index (χ1v) is 14.2. The molecule has 0 saturated carbocycles. The zero-order chi connectivity index (χ0) is 16.5. The summed E-state index contributed by atoms with van der Waals surface area (Å²) in [6, 6.07) is 0. The van der Waals surface area contributed by atoms with Crippen LogP contribution in [0.5, 0.6) is 0 Å². The highest BCUT2D eigenvalue weighted by molar-refractivity contribution is 6.78. The molecule has 0 aliphatic heterocycles. The van der Waals surface area contributed by atoms with Gasteiger partial charge in [-0.2, -0.15) is 0 Å². The second kappa shape index (κ2) is 10.2. The second-order valence-electron chi connectivity index (χ2n) is 7.36. The van der Waals surface area contributed by atoms with E-state index in [0.717, 1.165) is 25.4 Å². The Bertz CT molecular complexity index is 268. The molecule has 0 rings (SSSR count). The number of hydrogen-bond donors (Lipinski definition) is 0. The first-order chi connectivity index (χ1) is 9.58. The van der Waals surface area contributed by atoms with Crippen LogP contribution in [0, 0.1) is 5.92 Å². The smallest absolute Gasteiger partial charge is 0.323 e. The second-order valence-corrected chi connectivity index (χ2v) is 14.3. The first kappa shape index (κ1) is 21.3. The van der Waals surface area contributed by atoms with E-state index in [1.165, 1.54) is 19.3 Å². The van der Waals surface area contributed by atoms with Crippen LogP contribution in [-0.2, 0) is 13.0 Å². The Labute approximate surface area is 135 Å². The SMILES string of the molecule is CCCCC(C)O[Si](C)(C)O[Si](C)(C)OCCCC(C)C. The zero-order valence-corrected chi connectivity index (χ0v) is 17.6. The molecule has 3 nitrogen and oxygen atoms in total. The van der Waals surface area contributed by atoms with Crippen molar-refractivity contribution in [3.05, 3.63) is 0 Å². The third-order valence-electron chi connectivity index (χ3n) is 3.32. The lowest BCUT2D eigenvalue weighted by Gasteiger charge is -2.34. The van der Waals surface area contributed by atoms with Crippen LogP contribution in [0.4, 0.5) is 0 Å². The lowest BCUT2D eigenvalue weighted by Crippen LogP contribution is -2.49. The van der Waals surface area contributed by atoms with Gasteiger partial charge in [0.05, 0.1) is 0 Å². The first-order valence-electron chi connectivity index (χ1n) is 8.60. The topological polar surface area (TPSA) is 27.7 Å². The maximum atomic E-state index is 6.32. The van der Waals surface area contributed by atoms with Gasteiger partial charge in [0.1, 0.15) is 0 Å². The molecule has 128 valence electrons. The zero-order valence-electron chi connectivity index (χ0n) is 15.6. The number of rotatable bonds is 12. The summed E-state index contributed by atoms with van der Waals surface area (Å²) in [5.41, 5.74) is 0. The number of unbranched alkanes of at least 4 members (excludes halogenated alkanes) is 1. The maximum Gasteiger partial charge on any atom is 0.323 e. The molecule has 0 heterocycles. The third-order valence-corrected chi connectivity index (χ3v) is 9.12. The lowest BCUT2D eigenvalue weighted by atomic mass is 10.1. The van der Waals surface area contributed by atoms with Gasteiger partial charge in [0.15, 0.2) is 0 Å². The minimum Gasteiger partial charge on any atom is -0.415 e. The summed E-state index contributed by atoms with van der Waals surface area (Å²) < 4.78 is 18.6. The Hall–Kier alpha value is 0.314. The van der Waals surface area contributed by atoms with Crippen LogP contribution in [0.2, 0.25) is 26.2 Å². The molecule has 0 saturated heterocycles. The molecule has 0 bridgehead atoms. The Kier molecular flexibility index (Phi) is 10.3. The average molecular weight is 335 g/mol. The molecule has 0 aromatic rings.